The molecule has 0 amide bonds. The molecule has 2 aromatic rings. The molecule has 1 aromatic carbocycles. The van der Waals surface area contributed by atoms with E-state index in [0.29, 0.717) is 12.5 Å². The van der Waals surface area contributed by atoms with Crippen molar-refractivity contribution in [1.82, 2.24) is 9.97 Å². The number of anilines is 2. The number of hydrogen-bond donors (Lipinski definition) is 1. The maximum atomic E-state index is 5.44. The van der Waals surface area contributed by atoms with Gasteiger partial charge >= 0.3 is 0 Å². The van der Waals surface area contributed by atoms with E-state index in [2.05, 4.69) is 54.3 Å². The van der Waals surface area contributed by atoms with Crippen LogP contribution in [0.1, 0.15) is 11.1 Å². The van der Waals surface area contributed by atoms with Gasteiger partial charge in [-0.2, -0.15) is 0 Å². The molecule has 0 spiro atoms. The van der Waals surface area contributed by atoms with E-state index in [1.165, 1.54) is 11.3 Å². The molecule has 1 saturated heterocycles. The summed E-state index contributed by atoms with van der Waals surface area (Å²) in [5.41, 5.74) is 3.52. The first kappa shape index (κ1) is 15.2. The number of morpholine rings is 1. The first-order valence-electron chi connectivity index (χ1n) is 7.36. The second kappa shape index (κ2) is 7.07. The summed E-state index contributed by atoms with van der Waals surface area (Å²) in [6, 6.07) is 6.37. The van der Waals surface area contributed by atoms with Crippen molar-refractivity contribution in [2.24, 2.45) is 0 Å². The number of hydrogen-bond acceptors (Lipinski definition) is 5. The summed E-state index contributed by atoms with van der Waals surface area (Å²) in [5.74, 6) is 0.654. The van der Waals surface area contributed by atoms with Gasteiger partial charge in [-0.25, -0.2) is 9.97 Å². The lowest BCUT2D eigenvalue weighted by atomic mass is 10.1. The van der Waals surface area contributed by atoms with E-state index in [1.807, 2.05) is 19.3 Å². The number of nitrogens with zero attached hydrogens (tertiary/aromatic N) is 3. The third-order valence-electron chi connectivity index (χ3n) is 3.62. The van der Waals surface area contributed by atoms with E-state index in [9.17, 15) is 0 Å². The molecule has 2 heterocycles. The Bertz CT molecular complexity index is 627. The summed E-state index contributed by atoms with van der Waals surface area (Å²) >= 11 is 3.56. The van der Waals surface area contributed by atoms with Crippen LogP contribution in [0.25, 0.3) is 0 Å². The molecule has 0 saturated carbocycles. The monoisotopic (exact) mass is 362 g/mol. The molecule has 0 aliphatic carbocycles. The van der Waals surface area contributed by atoms with Gasteiger partial charge in [0.1, 0.15) is 0 Å². The zero-order valence-electron chi connectivity index (χ0n) is 12.6. The van der Waals surface area contributed by atoms with Crippen molar-refractivity contribution in [3.8, 4) is 0 Å². The summed E-state index contributed by atoms with van der Waals surface area (Å²) in [5, 5.41) is 3.29. The molecule has 1 aliphatic heterocycles. The predicted octanol–water partition coefficient (Wildman–Crippen LogP) is 3.00. The summed E-state index contributed by atoms with van der Waals surface area (Å²) in [7, 11) is 0. The van der Waals surface area contributed by atoms with Gasteiger partial charge in [0.25, 0.3) is 0 Å². The normalized spacial score (nSPS) is 14.9. The molecule has 0 unspecified atom stereocenters. The zero-order valence-corrected chi connectivity index (χ0v) is 14.1. The minimum absolute atomic E-state index is 0.654. The SMILES string of the molecule is Cc1cnc(NCc2ccc(Br)cc2N2CCOCC2)nc1. The van der Waals surface area contributed by atoms with Crippen molar-refractivity contribution in [1.29, 1.82) is 0 Å². The van der Waals surface area contributed by atoms with E-state index < -0.39 is 0 Å². The van der Waals surface area contributed by atoms with E-state index in [1.54, 1.807) is 0 Å². The van der Waals surface area contributed by atoms with Crippen molar-refractivity contribution in [3.05, 3.63) is 46.2 Å². The van der Waals surface area contributed by atoms with Crippen LogP contribution in [0.4, 0.5) is 11.6 Å². The van der Waals surface area contributed by atoms with Crippen LogP contribution in [0.3, 0.4) is 0 Å². The van der Waals surface area contributed by atoms with E-state index >= 15 is 0 Å². The van der Waals surface area contributed by atoms with Gasteiger partial charge in [0.05, 0.1) is 13.2 Å². The van der Waals surface area contributed by atoms with Gasteiger partial charge in [0.15, 0.2) is 0 Å². The molecule has 0 bridgehead atoms. The van der Waals surface area contributed by atoms with Gasteiger partial charge < -0.3 is 15.0 Å². The van der Waals surface area contributed by atoms with Crippen LogP contribution < -0.4 is 10.2 Å². The number of aromatic nitrogens is 2. The molecule has 1 fully saturated rings. The average Bonchev–Trinajstić information content (AvgIpc) is 2.56. The number of ether oxygens (including phenoxy) is 1. The van der Waals surface area contributed by atoms with Crippen LogP contribution in [0.5, 0.6) is 0 Å². The zero-order chi connectivity index (χ0) is 15.4. The summed E-state index contributed by atoms with van der Waals surface area (Å²) in [4.78, 5) is 10.9. The number of aryl methyl sites for hydroxylation is 1. The fraction of sp³-hybridized carbons (Fsp3) is 0.375. The van der Waals surface area contributed by atoms with Crippen LogP contribution >= 0.6 is 15.9 Å². The molecule has 22 heavy (non-hydrogen) atoms. The molecule has 1 aromatic heterocycles. The van der Waals surface area contributed by atoms with Crippen molar-refractivity contribution >= 4 is 27.6 Å². The maximum Gasteiger partial charge on any atom is 0.222 e. The quantitative estimate of drug-likeness (QED) is 0.905. The molecule has 0 radical (unpaired) electrons. The van der Waals surface area contributed by atoms with Gasteiger partial charge in [-0.05, 0) is 30.2 Å². The Morgan fingerprint density at radius 2 is 1.95 bits per heavy atom. The highest BCUT2D eigenvalue weighted by Crippen LogP contribution is 2.26. The highest BCUT2D eigenvalue weighted by atomic mass is 79.9. The van der Waals surface area contributed by atoms with Crippen LogP contribution in [0.2, 0.25) is 0 Å². The van der Waals surface area contributed by atoms with Gasteiger partial charge in [-0.15, -0.1) is 0 Å². The lowest BCUT2D eigenvalue weighted by Gasteiger charge is -2.31. The van der Waals surface area contributed by atoms with Crippen LogP contribution in [-0.4, -0.2) is 36.3 Å². The van der Waals surface area contributed by atoms with Crippen molar-refractivity contribution in [2.75, 3.05) is 36.5 Å². The van der Waals surface area contributed by atoms with Crippen LogP contribution in [0.15, 0.2) is 35.1 Å². The van der Waals surface area contributed by atoms with Gasteiger partial charge in [0, 0.05) is 42.2 Å². The number of rotatable bonds is 4. The molecule has 3 rings (SSSR count). The Balaban J connectivity index is 1.76. The summed E-state index contributed by atoms with van der Waals surface area (Å²) in [6.45, 7) is 6.08. The van der Waals surface area contributed by atoms with E-state index in [-0.39, 0.29) is 0 Å². The van der Waals surface area contributed by atoms with Crippen LogP contribution in [0, 0.1) is 6.92 Å². The van der Waals surface area contributed by atoms with Gasteiger partial charge in [-0.3, -0.25) is 0 Å². The highest BCUT2D eigenvalue weighted by Gasteiger charge is 2.15. The summed E-state index contributed by atoms with van der Waals surface area (Å²) < 4.78 is 6.53. The minimum Gasteiger partial charge on any atom is -0.378 e. The fourth-order valence-corrected chi connectivity index (χ4v) is 2.79. The van der Waals surface area contributed by atoms with E-state index in [0.717, 1.165) is 36.3 Å². The minimum atomic E-state index is 0.654. The Morgan fingerprint density at radius 3 is 2.68 bits per heavy atom. The smallest absolute Gasteiger partial charge is 0.222 e. The Kier molecular flexibility index (Phi) is 4.90. The predicted molar refractivity (Wildman–Crippen MR) is 91.3 cm³/mol. The molecule has 1 N–H and O–H groups in total. The Labute approximate surface area is 138 Å². The molecule has 5 nitrogen and oxygen atoms in total. The molecule has 0 atom stereocenters. The second-order valence-corrected chi connectivity index (χ2v) is 6.23. The average molecular weight is 363 g/mol. The highest BCUT2D eigenvalue weighted by molar-refractivity contribution is 9.10. The largest absolute Gasteiger partial charge is 0.378 e. The standard InChI is InChI=1S/C16H19BrN4O/c1-12-9-18-16(19-10-12)20-11-13-2-3-14(17)8-15(13)21-4-6-22-7-5-21/h2-3,8-10H,4-7,11H2,1H3,(H,18,19,20). The van der Waals surface area contributed by atoms with Crippen molar-refractivity contribution in [3.63, 3.8) is 0 Å². The first-order valence-corrected chi connectivity index (χ1v) is 8.15. The first-order chi connectivity index (χ1) is 10.7. The maximum absolute atomic E-state index is 5.44. The topological polar surface area (TPSA) is 50.3 Å². The Morgan fingerprint density at radius 1 is 1.23 bits per heavy atom. The summed E-state index contributed by atoms with van der Waals surface area (Å²) in [6.07, 6.45) is 3.64. The number of benzene rings is 1. The number of halogens is 1. The second-order valence-electron chi connectivity index (χ2n) is 5.31. The van der Waals surface area contributed by atoms with Crippen molar-refractivity contribution < 1.29 is 4.74 Å². The van der Waals surface area contributed by atoms with Gasteiger partial charge in [0.2, 0.25) is 5.95 Å². The third kappa shape index (κ3) is 3.75. The molecule has 116 valence electrons. The van der Waals surface area contributed by atoms with Gasteiger partial charge in [-0.1, -0.05) is 22.0 Å². The van der Waals surface area contributed by atoms with E-state index in [4.69, 9.17) is 4.74 Å². The molecular formula is C16H19BrN4O. The third-order valence-corrected chi connectivity index (χ3v) is 4.11. The van der Waals surface area contributed by atoms with Crippen molar-refractivity contribution in [2.45, 2.75) is 13.5 Å². The Hall–Kier alpha value is -1.66. The molecular weight excluding hydrogens is 344 g/mol. The number of nitrogens with one attached hydrogen (secondary N) is 1. The lowest BCUT2D eigenvalue weighted by Crippen LogP contribution is -2.36. The molecule has 1 aliphatic rings. The van der Waals surface area contributed by atoms with Crippen LogP contribution in [-0.2, 0) is 11.3 Å². The fourth-order valence-electron chi connectivity index (χ4n) is 2.44. The molecule has 6 heteroatoms. The lowest BCUT2D eigenvalue weighted by molar-refractivity contribution is 0.122.